The number of carbonyl (C=O) groups excluding carboxylic acids is 2. The summed E-state index contributed by atoms with van der Waals surface area (Å²) in [7, 11) is 0. The molecule has 2 aromatic rings. The molecule has 1 unspecified atom stereocenters. The van der Waals surface area contributed by atoms with Crippen molar-refractivity contribution in [2.45, 2.75) is 32.2 Å². The standard InChI is InChI=1S/C18H20N6O3/c1-11-14(7-13(8-19)17(26)22-11)18(27)24-5-2-3-12(9-24)16-21-4-6-23(16)10-15(20)25/h4,6-7,12H,2-3,5,9-10H2,1H3,(H2,20,25)(H,22,26). The van der Waals surface area contributed by atoms with Crippen LogP contribution in [0.5, 0.6) is 0 Å². The van der Waals surface area contributed by atoms with Gasteiger partial charge in [0.05, 0.1) is 5.56 Å². The second-order valence-electron chi connectivity index (χ2n) is 6.63. The van der Waals surface area contributed by atoms with Crippen molar-refractivity contribution >= 4 is 11.8 Å². The van der Waals surface area contributed by atoms with Gasteiger partial charge < -0.3 is 20.2 Å². The zero-order chi connectivity index (χ0) is 19.6. The fraction of sp³-hybridized carbons (Fsp3) is 0.389. The molecule has 0 aromatic carbocycles. The second kappa shape index (κ2) is 7.45. The van der Waals surface area contributed by atoms with Crippen LogP contribution in [0.4, 0.5) is 0 Å². The Morgan fingerprint density at radius 1 is 1.48 bits per heavy atom. The van der Waals surface area contributed by atoms with Crippen molar-refractivity contribution in [1.29, 1.82) is 5.26 Å². The molecule has 9 nitrogen and oxygen atoms in total. The first-order valence-corrected chi connectivity index (χ1v) is 8.63. The highest BCUT2D eigenvalue weighted by molar-refractivity contribution is 5.95. The summed E-state index contributed by atoms with van der Waals surface area (Å²) in [5.41, 5.74) is 5.43. The number of aromatic nitrogens is 3. The van der Waals surface area contributed by atoms with Crippen molar-refractivity contribution in [3.8, 4) is 6.07 Å². The molecule has 3 rings (SSSR count). The Bertz CT molecular complexity index is 984. The lowest BCUT2D eigenvalue weighted by molar-refractivity contribution is -0.118. The molecule has 0 spiro atoms. The van der Waals surface area contributed by atoms with E-state index in [1.807, 2.05) is 0 Å². The topological polar surface area (TPSA) is 138 Å². The molecule has 0 radical (unpaired) electrons. The minimum atomic E-state index is -0.503. The first kappa shape index (κ1) is 18.4. The Morgan fingerprint density at radius 3 is 2.96 bits per heavy atom. The monoisotopic (exact) mass is 368 g/mol. The lowest BCUT2D eigenvalue weighted by Gasteiger charge is -2.33. The Balaban J connectivity index is 1.84. The molecule has 0 aliphatic carbocycles. The van der Waals surface area contributed by atoms with Gasteiger partial charge in [-0.05, 0) is 25.8 Å². The van der Waals surface area contributed by atoms with Gasteiger partial charge in [-0.15, -0.1) is 0 Å². The number of hydrogen-bond donors (Lipinski definition) is 2. The first-order valence-electron chi connectivity index (χ1n) is 8.63. The highest BCUT2D eigenvalue weighted by atomic mass is 16.2. The molecule has 140 valence electrons. The molecule has 2 aromatic heterocycles. The number of hydrogen-bond acceptors (Lipinski definition) is 5. The molecular formula is C18H20N6O3. The lowest BCUT2D eigenvalue weighted by atomic mass is 9.96. The maximum absolute atomic E-state index is 13.0. The number of H-pyrrole nitrogens is 1. The van der Waals surface area contributed by atoms with Gasteiger partial charge in [-0.25, -0.2) is 4.98 Å². The van der Waals surface area contributed by atoms with Crippen molar-refractivity contribution in [2.75, 3.05) is 13.1 Å². The summed E-state index contributed by atoms with van der Waals surface area (Å²) >= 11 is 0. The number of nitrogens with one attached hydrogen (secondary N) is 1. The Hall–Kier alpha value is -3.41. The molecule has 1 aliphatic rings. The molecule has 3 heterocycles. The summed E-state index contributed by atoms with van der Waals surface area (Å²) in [6.07, 6.45) is 4.94. The Morgan fingerprint density at radius 2 is 2.26 bits per heavy atom. The van der Waals surface area contributed by atoms with Crippen LogP contribution in [0, 0.1) is 18.3 Å². The van der Waals surface area contributed by atoms with Gasteiger partial charge in [-0.2, -0.15) is 5.26 Å². The van der Waals surface area contributed by atoms with Crippen LogP contribution in [-0.2, 0) is 11.3 Å². The van der Waals surface area contributed by atoms with E-state index in [4.69, 9.17) is 11.0 Å². The van der Waals surface area contributed by atoms with Crippen molar-refractivity contribution in [3.63, 3.8) is 0 Å². The number of aromatic amines is 1. The zero-order valence-electron chi connectivity index (χ0n) is 14.9. The van der Waals surface area contributed by atoms with Gasteiger partial charge in [0.1, 0.15) is 24.0 Å². The summed E-state index contributed by atoms with van der Waals surface area (Å²) in [6.45, 7) is 2.70. The van der Waals surface area contributed by atoms with Crippen LogP contribution in [0.2, 0.25) is 0 Å². The molecule has 0 bridgehead atoms. The van der Waals surface area contributed by atoms with Crippen LogP contribution < -0.4 is 11.3 Å². The maximum Gasteiger partial charge on any atom is 0.266 e. The van der Waals surface area contributed by atoms with E-state index in [1.54, 1.807) is 34.9 Å². The molecule has 2 amide bonds. The second-order valence-corrected chi connectivity index (χ2v) is 6.63. The molecule has 1 atom stereocenters. The number of aryl methyl sites for hydroxylation is 1. The number of pyridine rings is 1. The van der Waals surface area contributed by atoms with Gasteiger partial charge in [0.2, 0.25) is 5.91 Å². The van der Waals surface area contributed by atoms with Gasteiger partial charge in [0.25, 0.3) is 11.5 Å². The third-order valence-electron chi connectivity index (χ3n) is 4.74. The van der Waals surface area contributed by atoms with E-state index in [1.165, 1.54) is 6.07 Å². The van der Waals surface area contributed by atoms with Crippen molar-refractivity contribution in [3.05, 3.63) is 51.5 Å². The fourth-order valence-electron chi connectivity index (χ4n) is 3.45. The third kappa shape index (κ3) is 3.74. The molecule has 9 heteroatoms. The van der Waals surface area contributed by atoms with Crippen LogP contribution in [-0.4, -0.2) is 44.3 Å². The highest BCUT2D eigenvalue weighted by Gasteiger charge is 2.29. The van der Waals surface area contributed by atoms with Gasteiger partial charge in [-0.3, -0.25) is 14.4 Å². The molecule has 27 heavy (non-hydrogen) atoms. The number of primary amides is 1. The van der Waals surface area contributed by atoms with E-state index >= 15 is 0 Å². The number of carbonyl (C=O) groups is 2. The molecule has 0 saturated carbocycles. The van der Waals surface area contributed by atoms with Gasteiger partial charge in [0, 0.05) is 37.1 Å². The summed E-state index contributed by atoms with van der Waals surface area (Å²) in [6, 6.07) is 3.15. The van der Waals surface area contributed by atoms with E-state index in [-0.39, 0.29) is 23.9 Å². The average molecular weight is 368 g/mol. The molecule has 1 fully saturated rings. The summed E-state index contributed by atoms with van der Waals surface area (Å²) in [4.78, 5) is 44.5. The van der Waals surface area contributed by atoms with Crippen LogP contribution in [0.25, 0.3) is 0 Å². The molecule has 1 aliphatic heterocycles. The van der Waals surface area contributed by atoms with E-state index in [2.05, 4.69) is 9.97 Å². The summed E-state index contributed by atoms with van der Waals surface area (Å²) < 4.78 is 1.71. The number of nitrogens with zero attached hydrogens (tertiary/aromatic N) is 4. The quantitative estimate of drug-likeness (QED) is 0.797. The number of nitriles is 1. The number of imidazole rings is 1. The van der Waals surface area contributed by atoms with Crippen molar-refractivity contribution in [1.82, 2.24) is 19.4 Å². The normalized spacial score (nSPS) is 16.7. The van der Waals surface area contributed by atoms with E-state index in [0.717, 1.165) is 18.7 Å². The largest absolute Gasteiger partial charge is 0.368 e. The predicted molar refractivity (Wildman–Crippen MR) is 95.8 cm³/mol. The fourth-order valence-corrected chi connectivity index (χ4v) is 3.45. The number of piperidine rings is 1. The minimum Gasteiger partial charge on any atom is -0.368 e. The molecule has 3 N–H and O–H groups in total. The van der Waals surface area contributed by atoms with Crippen LogP contribution >= 0.6 is 0 Å². The average Bonchev–Trinajstić information content (AvgIpc) is 3.09. The SMILES string of the molecule is Cc1[nH]c(=O)c(C#N)cc1C(=O)N1CCCC(c2nccn2CC(N)=O)C1. The minimum absolute atomic E-state index is 0.0180. The lowest BCUT2D eigenvalue weighted by Crippen LogP contribution is -2.40. The third-order valence-corrected chi connectivity index (χ3v) is 4.74. The summed E-state index contributed by atoms with van der Waals surface area (Å²) in [5, 5.41) is 9.05. The predicted octanol–water partition coefficient (Wildman–Crippen LogP) is 0.257. The highest BCUT2D eigenvalue weighted by Crippen LogP contribution is 2.27. The smallest absolute Gasteiger partial charge is 0.266 e. The van der Waals surface area contributed by atoms with Gasteiger partial charge in [0.15, 0.2) is 0 Å². The van der Waals surface area contributed by atoms with Gasteiger partial charge in [-0.1, -0.05) is 0 Å². The molecule has 1 saturated heterocycles. The summed E-state index contributed by atoms with van der Waals surface area (Å²) in [5.74, 6) is 0.0154. The Kier molecular flexibility index (Phi) is 5.07. The van der Waals surface area contributed by atoms with Crippen LogP contribution in [0.15, 0.2) is 23.3 Å². The van der Waals surface area contributed by atoms with Crippen LogP contribution in [0.3, 0.4) is 0 Å². The number of amides is 2. The number of likely N-dealkylation sites (tertiary alicyclic amines) is 1. The van der Waals surface area contributed by atoms with E-state index in [9.17, 15) is 14.4 Å². The van der Waals surface area contributed by atoms with Crippen molar-refractivity contribution < 1.29 is 9.59 Å². The molecular weight excluding hydrogens is 348 g/mol. The van der Waals surface area contributed by atoms with Crippen LogP contribution in [0.1, 0.15) is 46.2 Å². The number of rotatable bonds is 4. The zero-order valence-corrected chi connectivity index (χ0v) is 14.9. The van der Waals surface area contributed by atoms with Gasteiger partial charge >= 0.3 is 0 Å². The van der Waals surface area contributed by atoms with E-state index in [0.29, 0.717) is 24.3 Å². The van der Waals surface area contributed by atoms with E-state index < -0.39 is 11.5 Å². The maximum atomic E-state index is 13.0. The number of nitrogens with two attached hydrogens (primary N) is 1. The van der Waals surface area contributed by atoms with Crippen molar-refractivity contribution in [2.24, 2.45) is 5.73 Å². The first-order chi connectivity index (χ1) is 12.9. The Labute approximate surface area is 155 Å².